The number of hydrogen-bond donors (Lipinski definition) is 2. The van der Waals surface area contributed by atoms with E-state index in [-0.39, 0.29) is 22.9 Å². The third-order valence-corrected chi connectivity index (χ3v) is 4.20. The normalized spacial score (nSPS) is 11.2. The molecule has 2 aromatic carbocycles. The van der Waals surface area contributed by atoms with Crippen LogP contribution in [0.2, 0.25) is 0 Å². The third kappa shape index (κ3) is 6.37. The van der Waals surface area contributed by atoms with Gasteiger partial charge >= 0.3 is 5.97 Å². The van der Waals surface area contributed by atoms with Crippen LogP contribution >= 0.6 is 0 Å². The molecule has 1 atom stereocenters. The highest BCUT2D eigenvalue weighted by atomic mass is 16.6. The fraction of sp³-hybridized carbons (Fsp3) is 0.238. The number of anilines is 1. The molecule has 0 spiro atoms. The molecule has 0 aliphatic carbocycles. The molecule has 0 radical (unpaired) electrons. The second-order valence-corrected chi connectivity index (χ2v) is 6.82. The molecule has 0 fully saturated rings. The molecule has 0 saturated carbocycles. The highest BCUT2D eigenvalue weighted by Gasteiger charge is 2.27. The summed E-state index contributed by atoms with van der Waals surface area (Å²) in [6.07, 6.45) is 0. The Kier molecular flexibility index (Phi) is 7.80. The molecule has 0 unspecified atom stereocenters. The second kappa shape index (κ2) is 10.5. The molecule has 0 saturated heterocycles. The lowest BCUT2D eigenvalue weighted by Crippen LogP contribution is -2.45. The molecule has 160 valence electrons. The Morgan fingerprint density at radius 1 is 1.16 bits per heavy atom. The molecule has 10 nitrogen and oxygen atoms in total. The van der Waals surface area contributed by atoms with Gasteiger partial charge in [0.05, 0.1) is 16.2 Å². The number of nitrogens with one attached hydrogen (secondary N) is 2. The number of non-ortho nitro benzene ring substituents is 1. The summed E-state index contributed by atoms with van der Waals surface area (Å²) in [6, 6.07) is 12.5. The van der Waals surface area contributed by atoms with Gasteiger partial charge in [0.2, 0.25) is 0 Å². The zero-order valence-corrected chi connectivity index (χ0v) is 16.8. The topological polar surface area (TPSA) is 151 Å². The Morgan fingerprint density at radius 2 is 1.84 bits per heavy atom. The van der Waals surface area contributed by atoms with Crippen molar-refractivity contribution in [1.82, 2.24) is 5.32 Å². The van der Waals surface area contributed by atoms with E-state index in [2.05, 4.69) is 10.6 Å². The molecule has 0 aromatic heterocycles. The first-order chi connectivity index (χ1) is 14.7. The van der Waals surface area contributed by atoms with E-state index in [0.29, 0.717) is 5.56 Å². The maximum absolute atomic E-state index is 12.4. The summed E-state index contributed by atoms with van der Waals surface area (Å²) in [7, 11) is 0. The number of carbonyl (C=O) groups excluding carboxylic acids is 3. The molecule has 31 heavy (non-hydrogen) atoms. The van der Waals surface area contributed by atoms with Crippen molar-refractivity contribution in [2.75, 3.05) is 11.9 Å². The molecule has 2 rings (SSSR count). The molecule has 10 heteroatoms. The molecule has 0 aliphatic heterocycles. The van der Waals surface area contributed by atoms with Gasteiger partial charge in [-0.1, -0.05) is 32.0 Å². The van der Waals surface area contributed by atoms with Crippen molar-refractivity contribution >= 4 is 29.2 Å². The summed E-state index contributed by atoms with van der Waals surface area (Å²) in [5, 5.41) is 24.9. The molecular formula is C21H20N4O6. The van der Waals surface area contributed by atoms with Crippen molar-refractivity contribution in [1.29, 1.82) is 5.26 Å². The molecule has 2 aromatic rings. The summed E-state index contributed by atoms with van der Waals surface area (Å²) >= 11 is 0. The van der Waals surface area contributed by atoms with Gasteiger partial charge in [0, 0.05) is 17.7 Å². The number of nitro groups is 1. The number of esters is 1. The lowest BCUT2D eigenvalue weighted by molar-refractivity contribution is -0.384. The number of hydrogen-bond acceptors (Lipinski definition) is 7. The van der Waals surface area contributed by atoms with Crippen molar-refractivity contribution in [2.24, 2.45) is 5.92 Å². The maximum Gasteiger partial charge on any atom is 0.329 e. The minimum absolute atomic E-state index is 0.0481. The summed E-state index contributed by atoms with van der Waals surface area (Å²) in [5.41, 5.74) is 0.0202. The van der Waals surface area contributed by atoms with E-state index >= 15 is 0 Å². The smallest absolute Gasteiger partial charge is 0.329 e. The van der Waals surface area contributed by atoms with Crippen LogP contribution in [-0.2, 0) is 14.3 Å². The Morgan fingerprint density at radius 3 is 2.42 bits per heavy atom. The van der Waals surface area contributed by atoms with E-state index in [1.165, 1.54) is 6.07 Å². The predicted molar refractivity (Wildman–Crippen MR) is 110 cm³/mol. The number of nitro benzene ring substituents is 1. The van der Waals surface area contributed by atoms with Crippen LogP contribution in [0.4, 0.5) is 11.4 Å². The fourth-order valence-electron chi connectivity index (χ4n) is 2.57. The summed E-state index contributed by atoms with van der Waals surface area (Å²) < 4.78 is 5.01. The van der Waals surface area contributed by atoms with Gasteiger partial charge < -0.3 is 15.4 Å². The van der Waals surface area contributed by atoms with Gasteiger partial charge in [-0.25, -0.2) is 4.79 Å². The van der Waals surface area contributed by atoms with Crippen LogP contribution in [0, 0.1) is 27.4 Å². The van der Waals surface area contributed by atoms with Gasteiger partial charge in [0.15, 0.2) is 6.61 Å². The van der Waals surface area contributed by atoms with Gasteiger partial charge in [-0.3, -0.25) is 19.7 Å². The molecule has 0 bridgehead atoms. The van der Waals surface area contributed by atoms with Crippen LogP contribution in [0.25, 0.3) is 0 Å². The van der Waals surface area contributed by atoms with Crippen molar-refractivity contribution in [3.63, 3.8) is 0 Å². The molecular weight excluding hydrogens is 404 g/mol. The number of benzene rings is 2. The molecule has 0 heterocycles. The Balaban J connectivity index is 1.98. The first-order valence-corrected chi connectivity index (χ1v) is 9.24. The Bertz CT molecular complexity index is 1030. The minimum atomic E-state index is -0.977. The van der Waals surface area contributed by atoms with E-state index < -0.39 is 35.4 Å². The van der Waals surface area contributed by atoms with Crippen LogP contribution < -0.4 is 10.6 Å². The molecule has 2 N–H and O–H groups in total. The van der Waals surface area contributed by atoms with Gasteiger partial charge in [0.25, 0.3) is 17.5 Å². The first-order valence-electron chi connectivity index (χ1n) is 9.24. The Hall–Kier alpha value is -4.26. The van der Waals surface area contributed by atoms with Crippen molar-refractivity contribution < 1.29 is 24.0 Å². The van der Waals surface area contributed by atoms with Crippen LogP contribution in [-0.4, -0.2) is 35.4 Å². The lowest BCUT2D eigenvalue weighted by atomic mass is 10.0. The van der Waals surface area contributed by atoms with Gasteiger partial charge in [-0.15, -0.1) is 0 Å². The van der Waals surface area contributed by atoms with E-state index in [1.807, 2.05) is 0 Å². The number of rotatable bonds is 8. The Labute approximate surface area is 178 Å². The number of nitriles is 1. The number of ether oxygens (including phenoxy) is 1. The fourth-order valence-corrected chi connectivity index (χ4v) is 2.57. The van der Waals surface area contributed by atoms with Crippen LogP contribution in [0.1, 0.15) is 29.8 Å². The standard InChI is InChI=1S/C21H20N4O6/c1-13(2)19(24-20(27)14-6-4-3-5-7-14)21(28)31-12-18(26)23-17-9-8-16(25(29)30)10-15(17)11-22/h3-10,13,19H,12H2,1-2H3,(H,23,26)(H,24,27)/t19-/m0/s1. The zero-order valence-electron chi connectivity index (χ0n) is 16.8. The number of carbonyl (C=O) groups is 3. The van der Waals surface area contributed by atoms with Gasteiger partial charge in [0.1, 0.15) is 12.1 Å². The quantitative estimate of drug-likeness (QED) is 0.375. The molecule has 2 amide bonds. The minimum Gasteiger partial charge on any atom is -0.454 e. The highest BCUT2D eigenvalue weighted by molar-refractivity contribution is 5.97. The monoisotopic (exact) mass is 424 g/mol. The van der Waals surface area contributed by atoms with E-state index in [1.54, 1.807) is 50.2 Å². The molecule has 0 aliphatic rings. The van der Waals surface area contributed by atoms with Crippen LogP contribution in [0.3, 0.4) is 0 Å². The number of nitrogens with zero attached hydrogens (tertiary/aromatic N) is 2. The third-order valence-electron chi connectivity index (χ3n) is 4.20. The van der Waals surface area contributed by atoms with Crippen molar-refractivity contribution in [2.45, 2.75) is 19.9 Å². The van der Waals surface area contributed by atoms with Crippen molar-refractivity contribution in [3.05, 3.63) is 69.8 Å². The second-order valence-electron chi connectivity index (χ2n) is 6.82. The van der Waals surface area contributed by atoms with Crippen LogP contribution in [0.15, 0.2) is 48.5 Å². The van der Waals surface area contributed by atoms with Crippen LogP contribution in [0.5, 0.6) is 0 Å². The zero-order chi connectivity index (χ0) is 23.0. The average Bonchev–Trinajstić information content (AvgIpc) is 2.76. The first kappa shape index (κ1) is 23.0. The summed E-state index contributed by atoms with van der Waals surface area (Å²) in [6.45, 7) is 2.77. The van der Waals surface area contributed by atoms with E-state index in [4.69, 9.17) is 10.00 Å². The van der Waals surface area contributed by atoms with E-state index in [0.717, 1.165) is 12.1 Å². The van der Waals surface area contributed by atoms with Gasteiger partial charge in [-0.2, -0.15) is 5.26 Å². The average molecular weight is 424 g/mol. The number of amides is 2. The SMILES string of the molecule is CC(C)[C@H](NC(=O)c1ccccc1)C(=O)OCC(=O)Nc1ccc([N+](=O)[O-])cc1C#N. The largest absolute Gasteiger partial charge is 0.454 e. The lowest BCUT2D eigenvalue weighted by Gasteiger charge is -2.20. The predicted octanol–water partition coefficient (Wildman–Crippen LogP) is 2.40. The highest BCUT2D eigenvalue weighted by Crippen LogP contribution is 2.21. The van der Waals surface area contributed by atoms with Gasteiger partial charge in [-0.05, 0) is 24.1 Å². The summed E-state index contributed by atoms with van der Waals surface area (Å²) in [4.78, 5) is 47.0. The van der Waals surface area contributed by atoms with Crippen molar-refractivity contribution in [3.8, 4) is 6.07 Å². The summed E-state index contributed by atoms with van der Waals surface area (Å²) in [5.74, 6) is -2.29. The van der Waals surface area contributed by atoms with E-state index in [9.17, 15) is 24.5 Å². The maximum atomic E-state index is 12.4.